The fraction of sp³-hybridized carbons (Fsp3) is 0.318. The van der Waals surface area contributed by atoms with Gasteiger partial charge in [0, 0.05) is 5.02 Å². The molecule has 2 aliphatic rings. The van der Waals surface area contributed by atoms with Crippen LogP contribution < -0.4 is 0 Å². The largest absolute Gasteiger partial charge is 0.508 e. The molecule has 2 unspecified atom stereocenters. The summed E-state index contributed by atoms with van der Waals surface area (Å²) in [6.07, 6.45) is 1.56. The van der Waals surface area contributed by atoms with Gasteiger partial charge in [-0.25, -0.2) is 0 Å². The zero-order chi connectivity index (χ0) is 18.5. The van der Waals surface area contributed by atoms with Gasteiger partial charge in [-0.1, -0.05) is 42.8 Å². The van der Waals surface area contributed by atoms with E-state index in [0.717, 1.165) is 22.3 Å². The highest BCUT2D eigenvalue weighted by Crippen LogP contribution is 2.47. The highest BCUT2D eigenvalue weighted by atomic mass is 35.5. The first-order valence-corrected chi connectivity index (χ1v) is 9.36. The molecule has 1 saturated heterocycles. The van der Waals surface area contributed by atoms with E-state index < -0.39 is 11.7 Å². The van der Waals surface area contributed by atoms with Gasteiger partial charge in [0.05, 0.1) is 5.57 Å². The Labute approximate surface area is 158 Å². The normalized spacial score (nSPS) is 25.0. The van der Waals surface area contributed by atoms with Crippen molar-refractivity contribution in [2.24, 2.45) is 0 Å². The molecule has 2 aromatic carbocycles. The number of carbonyl (C=O) groups is 1. The van der Waals surface area contributed by atoms with Gasteiger partial charge < -0.3 is 9.84 Å². The lowest BCUT2D eigenvalue weighted by Crippen LogP contribution is -2.39. The van der Waals surface area contributed by atoms with Crippen LogP contribution in [-0.2, 0) is 9.53 Å². The second kappa shape index (κ2) is 6.26. The Kier molecular flexibility index (Phi) is 4.17. The lowest BCUT2D eigenvalue weighted by Gasteiger charge is -2.33. The Hall–Kier alpha value is -2.10. The molecule has 3 nitrogen and oxygen atoms in total. The molecule has 26 heavy (non-hydrogen) atoms. The van der Waals surface area contributed by atoms with E-state index in [1.807, 2.05) is 56.3 Å². The summed E-state index contributed by atoms with van der Waals surface area (Å²) in [5.41, 5.74) is 3.46. The molecule has 0 spiro atoms. The first-order valence-electron chi connectivity index (χ1n) is 8.98. The van der Waals surface area contributed by atoms with Gasteiger partial charge in [0.15, 0.2) is 5.78 Å². The average Bonchev–Trinajstić information content (AvgIpc) is 3.06. The summed E-state index contributed by atoms with van der Waals surface area (Å²) in [6, 6.07) is 13.6. The van der Waals surface area contributed by atoms with E-state index in [9.17, 15) is 9.90 Å². The first-order chi connectivity index (χ1) is 12.4. The van der Waals surface area contributed by atoms with Gasteiger partial charge in [-0.2, -0.15) is 0 Å². The van der Waals surface area contributed by atoms with Crippen molar-refractivity contribution < 1.29 is 14.6 Å². The molecule has 2 aromatic rings. The van der Waals surface area contributed by atoms with Gasteiger partial charge in [-0.15, -0.1) is 0 Å². The number of rotatable bonds is 3. The molecule has 2 bridgehead atoms. The van der Waals surface area contributed by atoms with E-state index in [1.54, 1.807) is 0 Å². The van der Waals surface area contributed by atoms with E-state index in [0.29, 0.717) is 29.9 Å². The molecule has 4 heteroatoms. The number of ketones is 1. The standard InChI is InChI=1S/C22H21ClO3/c1-3-22-11-10-18(26-22)20(24)19(21(22)25)17-12-15(5-4-13(17)2)14-6-8-16(23)9-7-14/h4-9,12,18,25H,3,10-11H2,1-2H3. The van der Waals surface area contributed by atoms with Crippen LogP contribution in [0.25, 0.3) is 16.7 Å². The second-order valence-corrected chi connectivity index (χ2v) is 7.55. The zero-order valence-electron chi connectivity index (χ0n) is 14.9. The fourth-order valence-corrected chi connectivity index (χ4v) is 4.15. The van der Waals surface area contributed by atoms with Gasteiger partial charge in [-0.3, -0.25) is 4.79 Å². The summed E-state index contributed by atoms with van der Waals surface area (Å²) in [5, 5.41) is 11.7. The maximum Gasteiger partial charge on any atom is 0.195 e. The highest BCUT2D eigenvalue weighted by Gasteiger charge is 2.52. The van der Waals surface area contributed by atoms with Crippen LogP contribution in [0.3, 0.4) is 0 Å². The molecule has 0 aromatic heterocycles. The van der Waals surface area contributed by atoms with Crippen LogP contribution in [-0.4, -0.2) is 22.6 Å². The van der Waals surface area contributed by atoms with Crippen molar-refractivity contribution in [3.8, 4) is 11.1 Å². The smallest absolute Gasteiger partial charge is 0.195 e. The molecule has 2 atom stereocenters. The molecule has 0 amide bonds. The summed E-state index contributed by atoms with van der Waals surface area (Å²) in [6.45, 7) is 3.95. The van der Waals surface area contributed by atoms with Crippen LogP contribution in [0.1, 0.15) is 37.3 Å². The lowest BCUT2D eigenvalue weighted by molar-refractivity contribution is -0.132. The molecular formula is C22H21ClO3. The van der Waals surface area contributed by atoms with Gasteiger partial charge in [0.2, 0.25) is 0 Å². The Morgan fingerprint density at radius 1 is 1.19 bits per heavy atom. The second-order valence-electron chi connectivity index (χ2n) is 7.12. The number of fused-ring (bicyclic) bond motifs is 2. The van der Waals surface area contributed by atoms with Crippen molar-refractivity contribution in [1.29, 1.82) is 0 Å². The van der Waals surface area contributed by atoms with Crippen LogP contribution >= 0.6 is 11.6 Å². The number of halogens is 1. The van der Waals surface area contributed by atoms with Gasteiger partial charge >= 0.3 is 0 Å². The van der Waals surface area contributed by atoms with E-state index in [2.05, 4.69) is 0 Å². The summed E-state index contributed by atoms with van der Waals surface area (Å²) in [4.78, 5) is 12.9. The number of benzene rings is 2. The van der Waals surface area contributed by atoms with Crippen LogP contribution in [0.2, 0.25) is 5.02 Å². The number of ether oxygens (including phenoxy) is 1. The van der Waals surface area contributed by atoms with Crippen LogP contribution in [0.15, 0.2) is 48.2 Å². The minimum absolute atomic E-state index is 0.0927. The molecule has 0 radical (unpaired) electrons. The summed E-state index contributed by atoms with van der Waals surface area (Å²) < 4.78 is 5.91. The summed E-state index contributed by atoms with van der Waals surface area (Å²) in [7, 11) is 0. The van der Waals surface area contributed by atoms with Crippen molar-refractivity contribution in [3.05, 3.63) is 64.4 Å². The van der Waals surface area contributed by atoms with Crippen molar-refractivity contribution in [2.75, 3.05) is 0 Å². The predicted octanol–water partition coefficient (Wildman–Crippen LogP) is 5.50. The third-order valence-electron chi connectivity index (χ3n) is 5.64. The number of aliphatic hydroxyl groups is 1. The van der Waals surface area contributed by atoms with Crippen molar-refractivity contribution in [3.63, 3.8) is 0 Å². The molecule has 2 heterocycles. The molecule has 1 fully saturated rings. The average molecular weight is 369 g/mol. The van der Waals surface area contributed by atoms with Crippen LogP contribution in [0.5, 0.6) is 0 Å². The first kappa shape index (κ1) is 17.3. The quantitative estimate of drug-likeness (QED) is 0.778. The minimum Gasteiger partial charge on any atom is -0.508 e. The number of aliphatic hydroxyl groups excluding tert-OH is 1. The Balaban J connectivity index is 1.87. The number of hydrogen-bond acceptors (Lipinski definition) is 3. The van der Waals surface area contributed by atoms with Gasteiger partial charge in [-0.05, 0) is 66.6 Å². The molecule has 0 saturated carbocycles. The molecule has 134 valence electrons. The van der Waals surface area contributed by atoms with E-state index >= 15 is 0 Å². The highest BCUT2D eigenvalue weighted by molar-refractivity contribution is 6.30. The Bertz CT molecular complexity index is 913. The number of hydrogen-bond donors (Lipinski definition) is 1. The Morgan fingerprint density at radius 3 is 2.58 bits per heavy atom. The lowest BCUT2D eigenvalue weighted by atomic mass is 9.86. The topological polar surface area (TPSA) is 46.5 Å². The van der Waals surface area contributed by atoms with Crippen molar-refractivity contribution >= 4 is 23.0 Å². The predicted molar refractivity (Wildman–Crippen MR) is 103 cm³/mol. The fourth-order valence-electron chi connectivity index (χ4n) is 4.02. The van der Waals surface area contributed by atoms with Crippen molar-refractivity contribution in [1.82, 2.24) is 0 Å². The molecule has 4 rings (SSSR count). The van der Waals surface area contributed by atoms with Crippen LogP contribution in [0, 0.1) is 6.92 Å². The number of aryl methyl sites for hydroxylation is 1. The third kappa shape index (κ3) is 2.58. The Morgan fingerprint density at radius 2 is 1.88 bits per heavy atom. The van der Waals surface area contributed by atoms with Crippen LogP contribution in [0.4, 0.5) is 0 Å². The SMILES string of the molecule is CCC12CCC(O1)C(=O)C(c1cc(-c3ccc(Cl)cc3)ccc1C)=C2O. The summed E-state index contributed by atoms with van der Waals surface area (Å²) >= 11 is 5.99. The molecule has 0 aliphatic carbocycles. The number of carbonyl (C=O) groups excluding carboxylic acids is 1. The molecule has 2 aliphatic heterocycles. The van der Waals surface area contributed by atoms with Gasteiger partial charge in [0.25, 0.3) is 0 Å². The molecule has 1 N–H and O–H groups in total. The maximum absolute atomic E-state index is 12.9. The van der Waals surface area contributed by atoms with Gasteiger partial charge in [0.1, 0.15) is 17.5 Å². The summed E-state index contributed by atoms with van der Waals surface area (Å²) in [5.74, 6) is -0.0180. The van der Waals surface area contributed by atoms with E-state index in [4.69, 9.17) is 16.3 Å². The monoisotopic (exact) mass is 368 g/mol. The number of Topliss-reactive ketones (excluding diaryl/α,β-unsaturated/α-hetero) is 1. The maximum atomic E-state index is 12.9. The van der Waals surface area contributed by atoms with E-state index in [-0.39, 0.29) is 11.5 Å². The zero-order valence-corrected chi connectivity index (χ0v) is 15.6. The minimum atomic E-state index is -0.712. The third-order valence-corrected chi connectivity index (χ3v) is 5.89. The van der Waals surface area contributed by atoms with Crippen molar-refractivity contribution in [2.45, 2.75) is 44.8 Å². The molecular weight excluding hydrogens is 348 g/mol. The van der Waals surface area contributed by atoms with E-state index in [1.165, 1.54) is 0 Å².